The van der Waals surface area contributed by atoms with E-state index < -0.39 is 6.10 Å². The Kier molecular flexibility index (Phi) is 2.96. The van der Waals surface area contributed by atoms with Gasteiger partial charge in [-0.1, -0.05) is 34.1 Å². The second kappa shape index (κ2) is 4.21. The predicted molar refractivity (Wildman–Crippen MR) is 60.3 cm³/mol. The van der Waals surface area contributed by atoms with Crippen molar-refractivity contribution in [1.29, 1.82) is 0 Å². The summed E-state index contributed by atoms with van der Waals surface area (Å²) in [6.07, 6.45) is 1.11. The molecule has 1 aromatic carbocycles. The molecule has 0 saturated carbocycles. The molecule has 1 unspecified atom stereocenters. The number of nitrogens with zero attached hydrogens (tertiary/aromatic N) is 1. The summed E-state index contributed by atoms with van der Waals surface area (Å²) in [5, 5.41) is 10.0. The average molecular weight is 270 g/mol. The van der Waals surface area contributed by atoms with Gasteiger partial charge in [-0.25, -0.2) is 4.37 Å². The van der Waals surface area contributed by atoms with Gasteiger partial charge < -0.3 is 5.11 Å². The molecule has 0 aliphatic carbocycles. The summed E-state index contributed by atoms with van der Waals surface area (Å²) in [4.78, 5) is 0.858. The first kappa shape index (κ1) is 9.83. The molecule has 0 fully saturated rings. The molecule has 0 saturated heterocycles. The Morgan fingerprint density at radius 2 is 2.07 bits per heavy atom. The summed E-state index contributed by atoms with van der Waals surface area (Å²) in [6.45, 7) is 0. The molecule has 4 heteroatoms. The normalized spacial score (nSPS) is 12.7. The van der Waals surface area contributed by atoms with E-state index in [2.05, 4.69) is 20.3 Å². The number of hydrogen-bond donors (Lipinski definition) is 1. The highest BCUT2D eigenvalue weighted by atomic mass is 79.9. The lowest BCUT2D eigenvalue weighted by atomic mass is 10.1. The zero-order chi connectivity index (χ0) is 9.97. The third-order valence-electron chi connectivity index (χ3n) is 1.93. The number of rotatable bonds is 2. The molecule has 0 aliphatic heterocycles. The van der Waals surface area contributed by atoms with Gasteiger partial charge in [-0.3, -0.25) is 0 Å². The number of benzene rings is 1. The first-order valence-electron chi connectivity index (χ1n) is 4.12. The van der Waals surface area contributed by atoms with Crippen LogP contribution in [-0.2, 0) is 0 Å². The van der Waals surface area contributed by atoms with Gasteiger partial charge in [0.05, 0.1) is 4.88 Å². The molecule has 2 nitrogen and oxygen atoms in total. The van der Waals surface area contributed by atoms with E-state index in [9.17, 15) is 5.11 Å². The Morgan fingerprint density at radius 3 is 2.71 bits per heavy atom. The molecule has 0 amide bonds. The number of hydrogen-bond acceptors (Lipinski definition) is 3. The molecule has 2 aromatic rings. The predicted octanol–water partition coefficient (Wildman–Crippen LogP) is 2.99. The highest BCUT2D eigenvalue weighted by Crippen LogP contribution is 2.29. The summed E-state index contributed by atoms with van der Waals surface area (Å²) < 4.78 is 4.88. The Hall–Kier alpha value is -0.710. The fraction of sp³-hybridized carbons (Fsp3) is 0.100. The lowest BCUT2D eigenvalue weighted by Gasteiger charge is -2.09. The summed E-state index contributed by atoms with van der Waals surface area (Å²) in [5.74, 6) is 0. The molecule has 0 bridgehead atoms. The van der Waals surface area contributed by atoms with Crippen LogP contribution in [0.25, 0.3) is 0 Å². The van der Waals surface area contributed by atoms with Crippen LogP contribution in [0.3, 0.4) is 0 Å². The quantitative estimate of drug-likeness (QED) is 0.910. The fourth-order valence-electron chi connectivity index (χ4n) is 1.22. The van der Waals surface area contributed by atoms with E-state index in [1.54, 1.807) is 6.20 Å². The summed E-state index contributed by atoms with van der Waals surface area (Å²) in [6, 6.07) is 9.47. The molecule has 0 radical (unpaired) electrons. The monoisotopic (exact) mass is 269 g/mol. The van der Waals surface area contributed by atoms with Crippen LogP contribution in [0.5, 0.6) is 0 Å². The molecule has 1 aromatic heterocycles. The molecular formula is C10H8BrNOS. The zero-order valence-electron chi connectivity index (χ0n) is 7.22. The largest absolute Gasteiger partial charge is 0.383 e. The Morgan fingerprint density at radius 1 is 1.29 bits per heavy atom. The van der Waals surface area contributed by atoms with E-state index in [1.165, 1.54) is 11.5 Å². The van der Waals surface area contributed by atoms with Crippen molar-refractivity contribution in [3.8, 4) is 0 Å². The minimum atomic E-state index is -0.585. The minimum Gasteiger partial charge on any atom is -0.383 e. The van der Waals surface area contributed by atoms with Crippen molar-refractivity contribution in [2.75, 3.05) is 0 Å². The van der Waals surface area contributed by atoms with E-state index in [-0.39, 0.29) is 0 Å². The molecule has 72 valence electrons. The molecule has 2 rings (SSSR count). The van der Waals surface area contributed by atoms with Crippen molar-refractivity contribution in [3.63, 3.8) is 0 Å². The lowest BCUT2D eigenvalue weighted by Crippen LogP contribution is -1.97. The molecule has 0 spiro atoms. The van der Waals surface area contributed by atoms with Gasteiger partial charge in [-0.05, 0) is 29.2 Å². The van der Waals surface area contributed by atoms with Crippen LogP contribution in [0.2, 0.25) is 0 Å². The maximum atomic E-state index is 10.0. The Labute approximate surface area is 94.5 Å². The van der Waals surface area contributed by atoms with Crippen LogP contribution in [0.15, 0.2) is 41.0 Å². The van der Waals surface area contributed by atoms with Gasteiger partial charge >= 0.3 is 0 Å². The SMILES string of the molecule is OC(c1ccns1)c1ccccc1Br. The van der Waals surface area contributed by atoms with E-state index in [4.69, 9.17) is 0 Å². The van der Waals surface area contributed by atoms with Crippen molar-refractivity contribution in [3.05, 3.63) is 51.4 Å². The zero-order valence-corrected chi connectivity index (χ0v) is 9.62. The standard InChI is InChI=1S/C10H8BrNOS/c11-8-4-2-1-3-7(8)10(13)9-5-6-12-14-9/h1-6,10,13H. The third-order valence-corrected chi connectivity index (χ3v) is 3.45. The molecular weight excluding hydrogens is 262 g/mol. The smallest absolute Gasteiger partial charge is 0.116 e. The number of aliphatic hydroxyl groups excluding tert-OH is 1. The highest BCUT2D eigenvalue weighted by molar-refractivity contribution is 9.10. The van der Waals surface area contributed by atoms with Gasteiger partial charge in [-0.2, -0.15) is 0 Å². The van der Waals surface area contributed by atoms with Crippen molar-refractivity contribution < 1.29 is 5.11 Å². The third kappa shape index (κ3) is 1.87. The van der Waals surface area contributed by atoms with Gasteiger partial charge in [-0.15, -0.1) is 0 Å². The van der Waals surface area contributed by atoms with E-state index in [0.717, 1.165) is 14.9 Å². The number of halogens is 1. The average Bonchev–Trinajstić information content (AvgIpc) is 2.70. The summed E-state index contributed by atoms with van der Waals surface area (Å²) in [5.41, 5.74) is 0.872. The second-order valence-electron chi connectivity index (χ2n) is 2.84. The van der Waals surface area contributed by atoms with Crippen LogP contribution in [-0.4, -0.2) is 9.48 Å². The lowest BCUT2D eigenvalue weighted by molar-refractivity contribution is 0.223. The Balaban J connectivity index is 2.37. The van der Waals surface area contributed by atoms with Crippen LogP contribution < -0.4 is 0 Å². The van der Waals surface area contributed by atoms with Crippen LogP contribution >= 0.6 is 27.5 Å². The van der Waals surface area contributed by atoms with Crippen molar-refractivity contribution in [2.45, 2.75) is 6.10 Å². The fourth-order valence-corrected chi connectivity index (χ4v) is 2.31. The number of aliphatic hydroxyl groups is 1. The van der Waals surface area contributed by atoms with Gasteiger partial charge in [0.1, 0.15) is 6.10 Å². The maximum Gasteiger partial charge on any atom is 0.116 e. The minimum absolute atomic E-state index is 0.585. The molecule has 0 aliphatic rings. The van der Waals surface area contributed by atoms with Gasteiger partial charge in [0, 0.05) is 10.7 Å². The summed E-state index contributed by atoms with van der Waals surface area (Å²) in [7, 11) is 0. The highest BCUT2D eigenvalue weighted by Gasteiger charge is 2.14. The van der Waals surface area contributed by atoms with E-state index in [1.807, 2.05) is 30.3 Å². The molecule has 14 heavy (non-hydrogen) atoms. The molecule has 1 heterocycles. The first-order chi connectivity index (χ1) is 6.79. The molecule has 1 N–H and O–H groups in total. The van der Waals surface area contributed by atoms with Gasteiger partial charge in [0.25, 0.3) is 0 Å². The van der Waals surface area contributed by atoms with Crippen LogP contribution in [0.1, 0.15) is 16.5 Å². The Bertz CT molecular complexity index is 416. The van der Waals surface area contributed by atoms with Crippen LogP contribution in [0.4, 0.5) is 0 Å². The van der Waals surface area contributed by atoms with E-state index in [0.29, 0.717) is 0 Å². The summed E-state index contributed by atoms with van der Waals surface area (Å²) >= 11 is 4.72. The van der Waals surface area contributed by atoms with Crippen molar-refractivity contribution >= 4 is 27.5 Å². The van der Waals surface area contributed by atoms with Crippen LogP contribution in [0, 0.1) is 0 Å². The van der Waals surface area contributed by atoms with Crippen molar-refractivity contribution in [1.82, 2.24) is 4.37 Å². The van der Waals surface area contributed by atoms with Gasteiger partial charge in [0.2, 0.25) is 0 Å². The first-order valence-corrected chi connectivity index (χ1v) is 5.69. The van der Waals surface area contributed by atoms with Gasteiger partial charge in [0.15, 0.2) is 0 Å². The maximum absolute atomic E-state index is 10.0. The number of aromatic nitrogens is 1. The second-order valence-corrected chi connectivity index (χ2v) is 4.56. The topological polar surface area (TPSA) is 33.1 Å². The van der Waals surface area contributed by atoms with Crippen molar-refractivity contribution in [2.24, 2.45) is 0 Å². The molecule has 1 atom stereocenters. The van der Waals surface area contributed by atoms with E-state index >= 15 is 0 Å².